The highest BCUT2D eigenvalue weighted by molar-refractivity contribution is 7.26. The number of thiophene rings is 2. The first-order valence-corrected chi connectivity index (χ1v) is 26.3. The minimum Gasteiger partial charge on any atom is -0.334 e. The van der Waals surface area contributed by atoms with Crippen molar-refractivity contribution in [1.29, 1.82) is 0 Å². The summed E-state index contributed by atoms with van der Waals surface area (Å²) in [5.41, 5.74) is 10.0. The monoisotopic (exact) mass is 932 g/mol. The predicted octanol–water partition coefficient (Wildman–Crippen LogP) is 19.2. The number of rotatable bonds is 8. The number of hydrogen-bond acceptors (Lipinski definition) is 4. The van der Waals surface area contributed by atoms with E-state index in [1.54, 1.807) is 0 Å². The highest BCUT2D eigenvalue weighted by Crippen LogP contribution is 2.47. The van der Waals surface area contributed by atoms with Crippen LogP contribution < -0.4 is 9.80 Å². The standard InChI is InChI=1S/C66H48N2S2/c1-3-15-51(16-4-1)67(53-27-23-45(24-28-53)49-21-19-43-11-7-9-13-47(43)39-49)55-31-33-59-63(41-55)69-61-37-35-58-57(65(59)61)36-38-62-66(58)60-34-32-56(42-64(60)70-62)68(52-17-5-2-6-18-52)54-29-25-46(26-30-54)50-22-20-44-12-8-10-14-48(44)40-50/h1-5,7-15,17,19-23,25-42,45,51H,6,16,18,24H2. The quantitative estimate of drug-likeness (QED) is 0.150. The molecule has 2 heterocycles. The normalized spacial score (nSPS) is 16.9. The van der Waals surface area contributed by atoms with Crippen molar-refractivity contribution in [2.75, 3.05) is 9.80 Å². The molecule has 3 aliphatic carbocycles. The zero-order valence-electron chi connectivity index (χ0n) is 38.6. The molecule has 3 aliphatic rings. The molecule has 2 atom stereocenters. The van der Waals surface area contributed by atoms with Gasteiger partial charge < -0.3 is 9.80 Å². The second-order valence-electron chi connectivity index (χ2n) is 19.0. The number of anilines is 3. The molecular weight excluding hydrogens is 885 g/mol. The van der Waals surface area contributed by atoms with Crippen LogP contribution in [0, 0.1) is 0 Å². The Morgan fingerprint density at radius 3 is 1.77 bits per heavy atom. The molecule has 0 N–H and O–H groups in total. The summed E-state index contributed by atoms with van der Waals surface area (Å²) in [6, 6.07) is 64.2. The van der Waals surface area contributed by atoms with E-state index in [9.17, 15) is 0 Å². The molecule has 0 fully saturated rings. The summed E-state index contributed by atoms with van der Waals surface area (Å²) in [6.45, 7) is 0. The molecule has 4 heteroatoms. The SMILES string of the molecule is C1=CCCC(N(c2ccc(-c3ccc4ccccc4c3)cc2)c2ccc3c(c2)sc2ccc4c(ccc5sc6cc(N(C7=CCC(c8ccc9ccccc9c8)C=C7)C7C=CC=CC7)ccc6c54)c23)=C1. The molecule has 2 aromatic heterocycles. The minimum atomic E-state index is 0.247. The van der Waals surface area contributed by atoms with Crippen molar-refractivity contribution in [3.05, 3.63) is 248 Å². The van der Waals surface area contributed by atoms with Crippen LogP contribution in [0.15, 0.2) is 242 Å². The van der Waals surface area contributed by atoms with Crippen molar-refractivity contribution in [1.82, 2.24) is 0 Å². The van der Waals surface area contributed by atoms with Crippen molar-refractivity contribution in [2.24, 2.45) is 0 Å². The molecule has 0 saturated carbocycles. The Hall–Kier alpha value is -7.76. The van der Waals surface area contributed by atoms with Crippen LogP contribution in [0.1, 0.15) is 37.2 Å². The Bertz CT molecular complexity index is 4100. The summed E-state index contributed by atoms with van der Waals surface area (Å²) in [4.78, 5) is 5.03. The van der Waals surface area contributed by atoms with Gasteiger partial charge in [0.25, 0.3) is 0 Å². The van der Waals surface area contributed by atoms with E-state index in [0.29, 0.717) is 5.92 Å². The fourth-order valence-electron chi connectivity index (χ4n) is 11.4. The lowest BCUT2D eigenvalue weighted by Gasteiger charge is -2.35. The molecule has 11 aromatic rings. The fourth-order valence-corrected chi connectivity index (χ4v) is 13.7. The third-order valence-electron chi connectivity index (χ3n) is 14.9. The number of nitrogens with zero attached hydrogens (tertiary/aromatic N) is 2. The number of hydrogen-bond donors (Lipinski definition) is 0. The van der Waals surface area contributed by atoms with Gasteiger partial charge in [0.15, 0.2) is 0 Å². The van der Waals surface area contributed by atoms with Gasteiger partial charge in [0.2, 0.25) is 0 Å². The van der Waals surface area contributed by atoms with Crippen LogP contribution in [-0.2, 0) is 0 Å². The van der Waals surface area contributed by atoms with Crippen LogP contribution in [0.2, 0.25) is 0 Å². The molecular formula is C66H48N2S2. The lowest BCUT2D eigenvalue weighted by molar-refractivity contribution is 0.745. The first-order chi connectivity index (χ1) is 34.7. The Labute approximate surface area is 416 Å². The van der Waals surface area contributed by atoms with Crippen molar-refractivity contribution < 1.29 is 0 Å². The van der Waals surface area contributed by atoms with Crippen molar-refractivity contribution in [3.63, 3.8) is 0 Å². The van der Waals surface area contributed by atoms with Crippen LogP contribution in [-0.4, -0.2) is 6.04 Å². The molecule has 9 aromatic carbocycles. The molecule has 14 rings (SSSR count). The molecule has 0 aliphatic heterocycles. The zero-order valence-corrected chi connectivity index (χ0v) is 40.3. The average Bonchev–Trinajstić information content (AvgIpc) is 4.00. The maximum absolute atomic E-state index is 2.56. The van der Waals surface area contributed by atoms with E-state index in [2.05, 4.69) is 240 Å². The first kappa shape index (κ1) is 41.2. The highest BCUT2D eigenvalue weighted by atomic mass is 32.1. The molecule has 0 saturated heterocycles. The van der Waals surface area contributed by atoms with Gasteiger partial charge >= 0.3 is 0 Å². The zero-order chi connectivity index (χ0) is 46.1. The molecule has 70 heavy (non-hydrogen) atoms. The highest BCUT2D eigenvalue weighted by Gasteiger charge is 2.24. The molecule has 0 bridgehead atoms. The van der Waals surface area contributed by atoms with E-state index in [-0.39, 0.29) is 6.04 Å². The van der Waals surface area contributed by atoms with Gasteiger partial charge in [0.1, 0.15) is 0 Å². The first-order valence-electron chi connectivity index (χ1n) is 24.7. The van der Waals surface area contributed by atoms with Crippen LogP contribution in [0.25, 0.3) is 83.8 Å². The smallest absolute Gasteiger partial charge is 0.0559 e. The van der Waals surface area contributed by atoms with Crippen molar-refractivity contribution >= 4 is 112 Å². The van der Waals surface area contributed by atoms with Crippen molar-refractivity contribution in [3.8, 4) is 11.1 Å². The van der Waals surface area contributed by atoms with Crippen molar-refractivity contribution in [2.45, 2.75) is 37.6 Å². The molecule has 2 nitrogen and oxygen atoms in total. The number of benzene rings is 9. The van der Waals surface area contributed by atoms with E-state index in [1.165, 1.54) is 118 Å². The Morgan fingerprint density at radius 1 is 0.457 bits per heavy atom. The summed E-state index contributed by atoms with van der Waals surface area (Å²) in [5.74, 6) is 0.362. The van der Waals surface area contributed by atoms with E-state index in [0.717, 1.165) is 25.7 Å². The van der Waals surface area contributed by atoms with Gasteiger partial charge in [-0.1, -0.05) is 164 Å². The maximum atomic E-state index is 2.56. The predicted molar refractivity (Wildman–Crippen MR) is 305 cm³/mol. The average molecular weight is 933 g/mol. The Morgan fingerprint density at radius 2 is 1.10 bits per heavy atom. The lowest BCUT2D eigenvalue weighted by atomic mass is 9.89. The Kier molecular flexibility index (Phi) is 10.0. The molecule has 0 radical (unpaired) electrons. The largest absolute Gasteiger partial charge is 0.334 e. The number of fused-ring (bicyclic) bond motifs is 11. The van der Waals surface area contributed by atoms with Gasteiger partial charge in [0.05, 0.1) is 6.04 Å². The van der Waals surface area contributed by atoms with Gasteiger partial charge in [-0.05, 0) is 141 Å². The van der Waals surface area contributed by atoms with E-state index < -0.39 is 0 Å². The van der Waals surface area contributed by atoms with Gasteiger partial charge in [-0.2, -0.15) is 0 Å². The van der Waals surface area contributed by atoms with Crippen LogP contribution in [0.5, 0.6) is 0 Å². The topological polar surface area (TPSA) is 6.48 Å². The van der Waals surface area contributed by atoms with Crippen LogP contribution >= 0.6 is 22.7 Å². The van der Waals surface area contributed by atoms with Gasteiger partial charge in [-0.15, -0.1) is 22.7 Å². The van der Waals surface area contributed by atoms with Gasteiger partial charge in [-0.3, -0.25) is 0 Å². The number of allylic oxidation sites excluding steroid dienone is 9. The summed E-state index contributed by atoms with van der Waals surface area (Å²) in [7, 11) is 0. The van der Waals surface area contributed by atoms with Gasteiger partial charge in [-0.25, -0.2) is 0 Å². The van der Waals surface area contributed by atoms with E-state index in [1.807, 2.05) is 22.7 Å². The Balaban J connectivity index is 0.810. The second kappa shape index (κ2) is 17.0. The molecule has 334 valence electrons. The van der Waals surface area contributed by atoms with Gasteiger partial charge in [0, 0.05) is 74.7 Å². The van der Waals surface area contributed by atoms with Crippen LogP contribution in [0.3, 0.4) is 0 Å². The molecule has 0 spiro atoms. The summed E-state index contributed by atoms with van der Waals surface area (Å²) < 4.78 is 5.30. The fraction of sp³-hybridized carbons (Fsp3) is 0.0909. The second-order valence-corrected chi connectivity index (χ2v) is 21.2. The van der Waals surface area contributed by atoms with E-state index in [4.69, 9.17) is 0 Å². The third kappa shape index (κ3) is 7.13. The molecule has 0 amide bonds. The maximum Gasteiger partial charge on any atom is 0.0559 e. The lowest BCUT2D eigenvalue weighted by Crippen LogP contribution is -2.33. The summed E-state index contributed by atoms with van der Waals surface area (Å²) >= 11 is 3.83. The van der Waals surface area contributed by atoms with Crippen LogP contribution in [0.4, 0.5) is 17.1 Å². The minimum absolute atomic E-state index is 0.247. The summed E-state index contributed by atoms with van der Waals surface area (Å²) in [5, 5.41) is 13.2. The van der Waals surface area contributed by atoms with E-state index >= 15 is 0 Å². The third-order valence-corrected chi connectivity index (χ3v) is 17.1. The molecule has 2 unspecified atom stereocenters. The summed E-state index contributed by atoms with van der Waals surface area (Å²) in [6.07, 6.45) is 27.1.